The van der Waals surface area contributed by atoms with Crippen LogP contribution >= 0.6 is 0 Å². The molecule has 2 aromatic carbocycles. The Morgan fingerprint density at radius 2 is 2.02 bits per heavy atom. The van der Waals surface area contributed by atoms with Gasteiger partial charge in [-0.3, -0.25) is 4.79 Å². The number of amides is 1. The zero-order valence-corrected chi connectivity index (χ0v) is 24.1. The first kappa shape index (κ1) is 28.6. The van der Waals surface area contributed by atoms with Crippen molar-refractivity contribution in [3.63, 3.8) is 0 Å². The van der Waals surface area contributed by atoms with Gasteiger partial charge < -0.3 is 29.7 Å². The summed E-state index contributed by atoms with van der Waals surface area (Å²) in [6, 6.07) is 10.8. The Kier molecular flexibility index (Phi) is 8.08. The van der Waals surface area contributed by atoms with Crippen LogP contribution in [0.4, 0.5) is 27.4 Å². The van der Waals surface area contributed by atoms with E-state index in [0.29, 0.717) is 46.4 Å². The standard InChI is InChI=1S/C31H33FN8O2/c1-6-29(41)35-24-14-25(28(42-5)15-27(24)39(4)12-11-38(2)3)36-31-34-17-19(16-33)30(37-31)23-18-40(21-8-9-21)26-10-7-20(32)13-22(23)26/h6-7,10,13-15,17-18,21H,1,8-9,11-12H2,2-5H3,(H,35,41)(H,34,36,37). The largest absolute Gasteiger partial charge is 0.494 e. The van der Waals surface area contributed by atoms with Crippen molar-refractivity contribution >= 4 is 39.8 Å². The summed E-state index contributed by atoms with van der Waals surface area (Å²) in [6.07, 6.45) is 6.69. The molecule has 11 heteroatoms. The van der Waals surface area contributed by atoms with Crippen molar-refractivity contribution in [3.8, 4) is 23.1 Å². The normalized spacial score (nSPS) is 12.7. The molecule has 5 rings (SSSR count). The monoisotopic (exact) mass is 568 g/mol. The number of fused-ring (bicyclic) bond motifs is 1. The molecule has 1 aliphatic rings. The fourth-order valence-corrected chi connectivity index (χ4v) is 4.83. The SMILES string of the molecule is C=CC(=O)Nc1cc(Nc2ncc(C#N)c(-c3cn(C4CC4)c4ccc(F)cc34)n2)c(OC)cc1N(C)CCN(C)C. The third-order valence-corrected chi connectivity index (χ3v) is 7.20. The van der Waals surface area contributed by atoms with Gasteiger partial charge in [-0.1, -0.05) is 6.58 Å². The van der Waals surface area contributed by atoms with E-state index >= 15 is 0 Å². The van der Waals surface area contributed by atoms with E-state index in [2.05, 4.69) is 37.7 Å². The molecule has 216 valence electrons. The molecule has 1 saturated carbocycles. The highest BCUT2D eigenvalue weighted by molar-refractivity contribution is 6.02. The summed E-state index contributed by atoms with van der Waals surface area (Å²) in [5.41, 5.74) is 4.01. The molecule has 1 amide bonds. The Balaban J connectivity index is 1.57. The topological polar surface area (TPSA) is 111 Å². The Labute approximate surface area is 244 Å². The molecule has 0 saturated heterocycles. The van der Waals surface area contributed by atoms with Crippen LogP contribution in [-0.2, 0) is 4.79 Å². The van der Waals surface area contributed by atoms with Crippen molar-refractivity contribution in [2.24, 2.45) is 0 Å². The Morgan fingerprint density at radius 3 is 2.69 bits per heavy atom. The molecule has 42 heavy (non-hydrogen) atoms. The van der Waals surface area contributed by atoms with E-state index in [1.807, 2.05) is 38.3 Å². The van der Waals surface area contributed by atoms with Gasteiger partial charge in [0.2, 0.25) is 11.9 Å². The van der Waals surface area contributed by atoms with Crippen LogP contribution in [0.1, 0.15) is 24.4 Å². The molecule has 1 fully saturated rings. The third-order valence-electron chi connectivity index (χ3n) is 7.20. The summed E-state index contributed by atoms with van der Waals surface area (Å²) in [4.78, 5) is 25.5. The lowest BCUT2D eigenvalue weighted by molar-refractivity contribution is -0.111. The van der Waals surface area contributed by atoms with Crippen molar-refractivity contribution in [2.45, 2.75) is 18.9 Å². The summed E-state index contributed by atoms with van der Waals surface area (Å²) in [5.74, 6) is -0.0109. The van der Waals surface area contributed by atoms with Gasteiger partial charge in [0.05, 0.1) is 41.6 Å². The summed E-state index contributed by atoms with van der Waals surface area (Å²) >= 11 is 0. The lowest BCUT2D eigenvalue weighted by Crippen LogP contribution is -2.29. The summed E-state index contributed by atoms with van der Waals surface area (Å²) in [5, 5.41) is 16.6. The number of benzene rings is 2. The summed E-state index contributed by atoms with van der Waals surface area (Å²) < 4.78 is 22.2. The molecule has 0 radical (unpaired) electrons. The van der Waals surface area contributed by atoms with E-state index in [1.165, 1.54) is 24.4 Å². The number of methoxy groups -OCH3 is 1. The lowest BCUT2D eigenvalue weighted by Gasteiger charge is -2.26. The van der Waals surface area contributed by atoms with Crippen molar-refractivity contribution < 1.29 is 13.9 Å². The Morgan fingerprint density at radius 1 is 1.24 bits per heavy atom. The molecule has 2 heterocycles. The van der Waals surface area contributed by atoms with Gasteiger partial charge in [0.15, 0.2) is 0 Å². The predicted molar refractivity (Wildman–Crippen MR) is 163 cm³/mol. The van der Waals surface area contributed by atoms with Gasteiger partial charge in [0, 0.05) is 54.9 Å². The first-order chi connectivity index (χ1) is 20.2. The van der Waals surface area contributed by atoms with Crippen LogP contribution in [0.5, 0.6) is 5.75 Å². The number of nitrogens with zero attached hydrogens (tertiary/aromatic N) is 6. The zero-order chi connectivity index (χ0) is 30.0. The second-order valence-electron chi connectivity index (χ2n) is 10.5. The van der Waals surface area contributed by atoms with Crippen LogP contribution in [0, 0.1) is 17.1 Å². The number of halogens is 1. The highest BCUT2D eigenvalue weighted by atomic mass is 19.1. The van der Waals surface area contributed by atoms with Gasteiger partial charge in [0.1, 0.15) is 17.6 Å². The second kappa shape index (κ2) is 11.9. The van der Waals surface area contributed by atoms with Crippen LogP contribution < -0.4 is 20.3 Å². The highest BCUT2D eigenvalue weighted by Gasteiger charge is 2.27. The molecule has 0 bridgehead atoms. The molecular weight excluding hydrogens is 535 g/mol. The van der Waals surface area contributed by atoms with E-state index in [-0.39, 0.29) is 23.2 Å². The van der Waals surface area contributed by atoms with Gasteiger partial charge in [-0.25, -0.2) is 14.4 Å². The van der Waals surface area contributed by atoms with Gasteiger partial charge >= 0.3 is 0 Å². The number of aromatic nitrogens is 3. The number of carbonyl (C=O) groups is 1. The molecule has 0 spiro atoms. The van der Waals surface area contributed by atoms with E-state index in [9.17, 15) is 14.4 Å². The fourth-order valence-electron chi connectivity index (χ4n) is 4.83. The van der Waals surface area contributed by atoms with E-state index < -0.39 is 0 Å². The number of anilines is 4. The van der Waals surface area contributed by atoms with E-state index in [0.717, 1.165) is 30.6 Å². The maximum absolute atomic E-state index is 14.3. The zero-order valence-electron chi connectivity index (χ0n) is 24.1. The van der Waals surface area contributed by atoms with Crippen molar-refractivity contribution in [2.75, 3.05) is 56.9 Å². The number of likely N-dealkylation sites (N-methyl/N-ethyl adjacent to an activating group) is 2. The molecule has 10 nitrogen and oxygen atoms in total. The number of hydrogen-bond donors (Lipinski definition) is 2. The molecule has 2 N–H and O–H groups in total. The first-order valence-electron chi connectivity index (χ1n) is 13.6. The summed E-state index contributed by atoms with van der Waals surface area (Å²) in [7, 11) is 7.48. The second-order valence-corrected chi connectivity index (χ2v) is 10.5. The molecule has 0 aliphatic heterocycles. The van der Waals surface area contributed by atoms with Gasteiger partial charge in [-0.2, -0.15) is 5.26 Å². The minimum absolute atomic E-state index is 0.209. The maximum atomic E-state index is 14.3. The molecule has 0 atom stereocenters. The van der Waals surface area contributed by atoms with Crippen LogP contribution in [0.25, 0.3) is 22.2 Å². The maximum Gasteiger partial charge on any atom is 0.247 e. The highest BCUT2D eigenvalue weighted by Crippen LogP contribution is 2.42. The predicted octanol–water partition coefficient (Wildman–Crippen LogP) is 5.32. The average Bonchev–Trinajstić information content (AvgIpc) is 3.76. The number of hydrogen-bond acceptors (Lipinski definition) is 8. The van der Waals surface area contributed by atoms with E-state index in [1.54, 1.807) is 19.2 Å². The molecule has 1 aliphatic carbocycles. The first-order valence-corrected chi connectivity index (χ1v) is 13.6. The van der Waals surface area contributed by atoms with Crippen LogP contribution in [0.3, 0.4) is 0 Å². The number of ether oxygens (including phenoxy) is 1. The molecular formula is C31H33FN8O2. The Bertz CT molecular complexity index is 1700. The minimum Gasteiger partial charge on any atom is -0.494 e. The smallest absolute Gasteiger partial charge is 0.247 e. The van der Waals surface area contributed by atoms with Gasteiger partial charge in [-0.05, 0) is 57.3 Å². The molecule has 4 aromatic rings. The van der Waals surface area contributed by atoms with Crippen molar-refractivity contribution in [1.82, 2.24) is 19.4 Å². The number of nitrogens with one attached hydrogen (secondary N) is 2. The average molecular weight is 569 g/mol. The van der Waals surface area contributed by atoms with Gasteiger partial charge in [-0.15, -0.1) is 0 Å². The quantitative estimate of drug-likeness (QED) is 0.234. The number of carbonyl (C=O) groups excluding carboxylic acids is 1. The molecule has 0 unspecified atom stereocenters. The fraction of sp³-hybridized carbons (Fsp3) is 0.290. The number of nitriles is 1. The van der Waals surface area contributed by atoms with Crippen LogP contribution in [-0.4, -0.2) is 66.7 Å². The Hall–Kier alpha value is -4.95. The summed E-state index contributed by atoms with van der Waals surface area (Å²) in [6.45, 7) is 5.08. The van der Waals surface area contributed by atoms with Crippen molar-refractivity contribution in [3.05, 3.63) is 66.8 Å². The van der Waals surface area contributed by atoms with Gasteiger partial charge in [0.25, 0.3) is 0 Å². The third kappa shape index (κ3) is 5.89. The number of rotatable bonds is 11. The van der Waals surface area contributed by atoms with Crippen LogP contribution in [0.15, 0.2) is 55.4 Å². The minimum atomic E-state index is -0.363. The lowest BCUT2D eigenvalue weighted by atomic mass is 10.1. The molecule has 2 aromatic heterocycles. The van der Waals surface area contributed by atoms with Crippen LogP contribution in [0.2, 0.25) is 0 Å². The van der Waals surface area contributed by atoms with Crippen molar-refractivity contribution in [1.29, 1.82) is 5.26 Å². The van der Waals surface area contributed by atoms with E-state index in [4.69, 9.17) is 9.72 Å².